The van der Waals surface area contributed by atoms with E-state index >= 15 is 0 Å². The summed E-state index contributed by atoms with van der Waals surface area (Å²) in [5.74, 6) is 0. The highest BCUT2D eigenvalue weighted by Gasteiger charge is 2.12. The van der Waals surface area contributed by atoms with E-state index in [-0.39, 0.29) is 6.04 Å². The van der Waals surface area contributed by atoms with Crippen molar-refractivity contribution in [2.24, 2.45) is 5.73 Å². The molecule has 1 unspecified atom stereocenters. The molecule has 1 heterocycles. The maximum atomic E-state index is 6.32. The molecule has 0 aliphatic heterocycles. The molecule has 2 nitrogen and oxygen atoms in total. The molecule has 0 saturated carbocycles. The molecule has 0 aliphatic rings. The molecular formula is C15H17BrN2. The van der Waals surface area contributed by atoms with Gasteiger partial charge in [-0.2, -0.15) is 0 Å². The molecule has 2 rings (SSSR count). The van der Waals surface area contributed by atoms with Crippen molar-refractivity contribution in [2.75, 3.05) is 0 Å². The van der Waals surface area contributed by atoms with Crippen LogP contribution < -0.4 is 5.73 Å². The first-order valence-corrected chi connectivity index (χ1v) is 6.72. The fraction of sp³-hybridized carbons (Fsp3) is 0.267. The van der Waals surface area contributed by atoms with E-state index in [4.69, 9.17) is 5.73 Å². The number of nitrogens with two attached hydrogens (primary N) is 1. The summed E-state index contributed by atoms with van der Waals surface area (Å²) < 4.78 is 1.15. The van der Waals surface area contributed by atoms with E-state index in [1.807, 2.05) is 19.3 Å². The van der Waals surface area contributed by atoms with Crippen LogP contribution in [0, 0.1) is 20.8 Å². The summed E-state index contributed by atoms with van der Waals surface area (Å²) in [7, 11) is 0. The fourth-order valence-electron chi connectivity index (χ4n) is 2.10. The number of hydrogen-bond donors (Lipinski definition) is 1. The van der Waals surface area contributed by atoms with Crippen LogP contribution in [0.1, 0.15) is 33.9 Å². The molecule has 0 fully saturated rings. The zero-order chi connectivity index (χ0) is 13.3. The Hall–Kier alpha value is -1.19. The normalized spacial score (nSPS) is 12.5. The highest BCUT2D eigenvalue weighted by Crippen LogP contribution is 2.27. The van der Waals surface area contributed by atoms with Crippen molar-refractivity contribution in [3.63, 3.8) is 0 Å². The Balaban J connectivity index is 2.43. The quantitative estimate of drug-likeness (QED) is 0.916. The van der Waals surface area contributed by atoms with E-state index in [2.05, 4.69) is 53.0 Å². The Morgan fingerprint density at radius 1 is 1.00 bits per heavy atom. The van der Waals surface area contributed by atoms with Gasteiger partial charge in [0.15, 0.2) is 0 Å². The SMILES string of the molecule is Cc1cncc(C(N)c2cc(C)c(Br)c(C)c2)c1. The van der Waals surface area contributed by atoms with Gasteiger partial charge in [0.1, 0.15) is 0 Å². The standard InChI is InChI=1S/C15H17BrN2/c1-9-4-13(8-18-7-9)15(17)12-5-10(2)14(16)11(3)6-12/h4-8,15H,17H2,1-3H3. The van der Waals surface area contributed by atoms with Crippen LogP contribution in [0.25, 0.3) is 0 Å². The molecule has 0 radical (unpaired) electrons. The van der Waals surface area contributed by atoms with Gasteiger partial charge in [-0.25, -0.2) is 0 Å². The van der Waals surface area contributed by atoms with E-state index in [0.717, 1.165) is 21.2 Å². The Kier molecular flexibility index (Phi) is 3.83. The lowest BCUT2D eigenvalue weighted by Crippen LogP contribution is -2.13. The van der Waals surface area contributed by atoms with Crippen LogP contribution in [0.3, 0.4) is 0 Å². The number of aryl methyl sites for hydroxylation is 3. The molecule has 2 N–H and O–H groups in total. The van der Waals surface area contributed by atoms with Gasteiger partial charge in [-0.3, -0.25) is 4.98 Å². The van der Waals surface area contributed by atoms with Gasteiger partial charge in [-0.1, -0.05) is 34.1 Å². The van der Waals surface area contributed by atoms with Gasteiger partial charge >= 0.3 is 0 Å². The van der Waals surface area contributed by atoms with Gasteiger partial charge in [0.2, 0.25) is 0 Å². The smallest absolute Gasteiger partial charge is 0.0567 e. The highest BCUT2D eigenvalue weighted by molar-refractivity contribution is 9.10. The molecule has 0 saturated heterocycles. The highest BCUT2D eigenvalue weighted by atomic mass is 79.9. The topological polar surface area (TPSA) is 38.9 Å². The average Bonchev–Trinajstić information content (AvgIpc) is 2.34. The fourth-order valence-corrected chi connectivity index (χ4v) is 2.33. The Morgan fingerprint density at radius 3 is 2.17 bits per heavy atom. The number of nitrogens with zero attached hydrogens (tertiary/aromatic N) is 1. The average molecular weight is 305 g/mol. The second-order valence-corrected chi connectivity index (χ2v) is 5.53. The molecule has 0 amide bonds. The number of hydrogen-bond acceptors (Lipinski definition) is 2. The minimum absolute atomic E-state index is 0.122. The molecule has 1 aromatic carbocycles. The van der Waals surface area contributed by atoms with E-state index in [9.17, 15) is 0 Å². The first-order valence-electron chi connectivity index (χ1n) is 5.93. The predicted molar refractivity (Wildman–Crippen MR) is 78.6 cm³/mol. The second kappa shape index (κ2) is 5.21. The molecular weight excluding hydrogens is 288 g/mol. The van der Waals surface area contributed by atoms with Crippen LogP contribution >= 0.6 is 15.9 Å². The van der Waals surface area contributed by atoms with Gasteiger partial charge in [0.25, 0.3) is 0 Å². The van der Waals surface area contributed by atoms with Crippen LogP contribution in [-0.2, 0) is 0 Å². The lowest BCUT2D eigenvalue weighted by Gasteiger charge is -2.15. The summed E-state index contributed by atoms with van der Waals surface area (Å²) in [6.07, 6.45) is 3.68. The minimum atomic E-state index is -0.122. The third-order valence-electron chi connectivity index (χ3n) is 3.07. The monoisotopic (exact) mass is 304 g/mol. The Morgan fingerprint density at radius 2 is 1.61 bits per heavy atom. The summed E-state index contributed by atoms with van der Waals surface area (Å²) in [5, 5.41) is 0. The van der Waals surface area contributed by atoms with Gasteiger partial charge in [-0.15, -0.1) is 0 Å². The van der Waals surface area contributed by atoms with Crippen LogP contribution in [0.2, 0.25) is 0 Å². The number of halogens is 1. The Labute approximate surface area is 116 Å². The van der Waals surface area contributed by atoms with Crippen molar-refractivity contribution in [3.05, 3.63) is 62.9 Å². The zero-order valence-electron chi connectivity index (χ0n) is 10.9. The van der Waals surface area contributed by atoms with Crippen molar-refractivity contribution in [3.8, 4) is 0 Å². The second-order valence-electron chi connectivity index (χ2n) is 4.74. The lowest BCUT2D eigenvalue weighted by atomic mass is 9.97. The van der Waals surface area contributed by atoms with Crippen molar-refractivity contribution >= 4 is 15.9 Å². The van der Waals surface area contributed by atoms with Crippen molar-refractivity contribution in [2.45, 2.75) is 26.8 Å². The molecule has 94 valence electrons. The number of rotatable bonds is 2. The largest absolute Gasteiger partial charge is 0.320 e. The van der Waals surface area contributed by atoms with E-state index in [1.165, 1.54) is 11.1 Å². The predicted octanol–water partition coefficient (Wildman–Crippen LogP) is 3.82. The van der Waals surface area contributed by atoms with Crippen molar-refractivity contribution in [1.29, 1.82) is 0 Å². The minimum Gasteiger partial charge on any atom is -0.320 e. The van der Waals surface area contributed by atoms with Crippen LogP contribution in [-0.4, -0.2) is 4.98 Å². The van der Waals surface area contributed by atoms with E-state index < -0.39 is 0 Å². The maximum Gasteiger partial charge on any atom is 0.0567 e. The molecule has 0 bridgehead atoms. The van der Waals surface area contributed by atoms with E-state index in [1.54, 1.807) is 0 Å². The third kappa shape index (κ3) is 2.62. The van der Waals surface area contributed by atoms with Crippen LogP contribution in [0.4, 0.5) is 0 Å². The van der Waals surface area contributed by atoms with Gasteiger partial charge in [-0.05, 0) is 48.6 Å². The molecule has 18 heavy (non-hydrogen) atoms. The van der Waals surface area contributed by atoms with Crippen LogP contribution in [0.5, 0.6) is 0 Å². The molecule has 0 spiro atoms. The summed E-state index contributed by atoms with van der Waals surface area (Å²) in [4.78, 5) is 4.20. The summed E-state index contributed by atoms with van der Waals surface area (Å²) in [5.41, 5.74) is 12.0. The van der Waals surface area contributed by atoms with E-state index in [0.29, 0.717) is 0 Å². The molecule has 2 aromatic rings. The lowest BCUT2D eigenvalue weighted by molar-refractivity contribution is 0.856. The third-order valence-corrected chi connectivity index (χ3v) is 4.32. The molecule has 1 atom stereocenters. The zero-order valence-corrected chi connectivity index (χ0v) is 12.5. The van der Waals surface area contributed by atoms with Crippen molar-refractivity contribution in [1.82, 2.24) is 4.98 Å². The number of benzene rings is 1. The van der Waals surface area contributed by atoms with Gasteiger partial charge in [0, 0.05) is 16.9 Å². The summed E-state index contributed by atoms with van der Waals surface area (Å²) >= 11 is 3.58. The van der Waals surface area contributed by atoms with Crippen molar-refractivity contribution < 1.29 is 0 Å². The Bertz CT molecular complexity index is 555. The molecule has 1 aromatic heterocycles. The van der Waals surface area contributed by atoms with Gasteiger partial charge in [0.05, 0.1) is 6.04 Å². The number of aromatic nitrogens is 1. The molecule has 0 aliphatic carbocycles. The molecule has 3 heteroatoms. The first kappa shape index (κ1) is 13.2. The van der Waals surface area contributed by atoms with Gasteiger partial charge < -0.3 is 5.73 Å². The maximum absolute atomic E-state index is 6.32. The first-order chi connectivity index (χ1) is 8.49. The van der Waals surface area contributed by atoms with Crippen LogP contribution in [0.15, 0.2) is 35.1 Å². The number of pyridine rings is 1. The summed E-state index contributed by atoms with van der Waals surface area (Å²) in [6.45, 7) is 6.20. The summed E-state index contributed by atoms with van der Waals surface area (Å²) in [6, 6.07) is 6.22.